The number of nitrogens with zero attached hydrogens (tertiary/aromatic N) is 2. The molecule has 0 saturated carbocycles. The molecular formula is C21H23N3O4. The first-order chi connectivity index (χ1) is 13.5. The van der Waals surface area contributed by atoms with Crippen molar-refractivity contribution in [2.45, 2.75) is 33.4 Å². The molecule has 2 aromatic carbocycles. The number of benzene rings is 2. The van der Waals surface area contributed by atoms with Gasteiger partial charge in [0.15, 0.2) is 6.10 Å². The smallest absolute Gasteiger partial charge is 0.261 e. The number of carbonyl (C=O) groups is 1. The SMILES string of the molecule is COc1cccc(-c2noc(CNC(=O)[C@@H](C)Oc3ccc(C)cc3C)n2)c1. The number of ether oxygens (including phenoxy) is 2. The molecule has 1 heterocycles. The highest BCUT2D eigenvalue weighted by molar-refractivity contribution is 5.80. The van der Waals surface area contributed by atoms with E-state index in [0.717, 1.165) is 16.7 Å². The molecule has 0 aliphatic heterocycles. The first-order valence-electron chi connectivity index (χ1n) is 8.95. The average Bonchev–Trinajstić information content (AvgIpc) is 3.17. The van der Waals surface area contributed by atoms with Crippen molar-refractivity contribution in [3.63, 3.8) is 0 Å². The van der Waals surface area contributed by atoms with E-state index in [4.69, 9.17) is 14.0 Å². The summed E-state index contributed by atoms with van der Waals surface area (Å²) in [5, 5.41) is 6.70. The van der Waals surface area contributed by atoms with E-state index in [1.807, 2.05) is 56.3 Å². The summed E-state index contributed by atoms with van der Waals surface area (Å²) in [6.07, 6.45) is -0.651. The molecule has 0 saturated heterocycles. The van der Waals surface area contributed by atoms with Gasteiger partial charge in [-0.3, -0.25) is 4.79 Å². The minimum Gasteiger partial charge on any atom is -0.497 e. The van der Waals surface area contributed by atoms with Crippen LogP contribution in [0.2, 0.25) is 0 Å². The molecule has 28 heavy (non-hydrogen) atoms. The number of aromatic nitrogens is 2. The molecule has 1 aromatic heterocycles. The Bertz CT molecular complexity index is 968. The molecule has 0 spiro atoms. The zero-order valence-corrected chi connectivity index (χ0v) is 16.4. The van der Waals surface area contributed by atoms with E-state index in [9.17, 15) is 4.79 Å². The molecule has 3 aromatic rings. The van der Waals surface area contributed by atoms with E-state index in [2.05, 4.69) is 15.5 Å². The molecule has 7 nitrogen and oxygen atoms in total. The summed E-state index contributed by atoms with van der Waals surface area (Å²) in [5.74, 6) is 1.87. The lowest BCUT2D eigenvalue weighted by Gasteiger charge is -2.16. The van der Waals surface area contributed by atoms with Gasteiger partial charge in [0, 0.05) is 5.56 Å². The van der Waals surface area contributed by atoms with Gasteiger partial charge in [0.1, 0.15) is 11.5 Å². The number of hydrogen-bond donors (Lipinski definition) is 1. The highest BCUT2D eigenvalue weighted by Crippen LogP contribution is 2.22. The van der Waals surface area contributed by atoms with Crippen molar-refractivity contribution in [2.24, 2.45) is 0 Å². The van der Waals surface area contributed by atoms with Crippen molar-refractivity contribution in [2.75, 3.05) is 7.11 Å². The van der Waals surface area contributed by atoms with E-state index in [0.29, 0.717) is 23.2 Å². The monoisotopic (exact) mass is 381 g/mol. The van der Waals surface area contributed by atoms with Crippen LogP contribution in [-0.4, -0.2) is 29.3 Å². The van der Waals surface area contributed by atoms with Crippen LogP contribution in [0.4, 0.5) is 0 Å². The number of rotatable bonds is 7. The summed E-state index contributed by atoms with van der Waals surface area (Å²) in [6, 6.07) is 13.2. The zero-order chi connectivity index (χ0) is 20.1. The minimum atomic E-state index is -0.651. The number of aryl methyl sites for hydroxylation is 2. The van der Waals surface area contributed by atoms with Crippen molar-refractivity contribution in [3.05, 3.63) is 59.5 Å². The van der Waals surface area contributed by atoms with E-state index in [-0.39, 0.29) is 12.5 Å². The first kappa shape index (κ1) is 19.4. The summed E-state index contributed by atoms with van der Waals surface area (Å²) in [7, 11) is 1.59. The number of carbonyl (C=O) groups excluding carboxylic acids is 1. The highest BCUT2D eigenvalue weighted by atomic mass is 16.5. The Labute approximate surface area is 163 Å². The summed E-state index contributed by atoms with van der Waals surface area (Å²) < 4.78 is 16.2. The molecule has 146 valence electrons. The van der Waals surface area contributed by atoms with Gasteiger partial charge in [-0.15, -0.1) is 0 Å². The van der Waals surface area contributed by atoms with Crippen LogP contribution in [0.1, 0.15) is 23.9 Å². The second kappa shape index (κ2) is 8.56. The van der Waals surface area contributed by atoms with E-state index in [1.54, 1.807) is 14.0 Å². The normalized spacial score (nSPS) is 11.7. The van der Waals surface area contributed by atoms with Crippen molar-refractivity contribution in [1.29, 1.82) is 0 Å². The lowest BCUT2D eigenvalue weighted by molar-refractivity contribution is -0.127. The number of nitrogens with one attached hydrogen (secondary N) is 1. The van der Waals surface area contributed by atoms with Crippen LogP contribution in [0.15, 0.2) is 47.0 Å². The Hall–Kier alpha value is -3.35. The third-order valence-electron chi connectivity index (χ3n) is 4.21. The molecule has 0 aliphatic carbocycles. The summed E-state index contributed by atoms with van der Waals surface area (Å²) in [4.78, 5) is 16.6. The molecule has 0 unspecified atom stereocenters. The Morgan fingerprint density at radius 3 is 2.79 bits per heavy atom. The van der Waals surface area contributed by atoms with Crippen LogP contribution in [0.25, 0.3) is 11.4 Å². The van der Waals surface area contributed by atoms with Crippen LogP contribution in [-0.2, 0) is 11.3 Å². The molecule has 3 rings (SSSR count). The van der Waals surface area contributed by atoms with Gasteiger partial charge >= 0.3 is 0 Å². The van der Waals surface area contributed by atoms with Crippen molar-refractivity contribution in [3.8, 4) is 22.9 Å². The second-order valence-corrected chi connectivity index (χ2v) is 6.49. The standard InChI is InChI=1S/C21H23N3O4/c1-13-8-9-18(14(2)10-13)27-15(3)21(25)22-12-19-23-20(24-28-19)16-6-5-7-17(11-16)26-4/h5-11,15H,12H2,1-4H3,(H,22,25)/t15-/m1/s1. The molecule has 1 N–H and O–H groups in total. The van der Waals surface area contributed by atoms with Gasteiger partial charge in [-0.1, -0.05) is 35.0 Å². The second-order valence-electron chi connectivity index (χ2n) is 6.49. The maximum atomic E-state index is 12.3. The van der Waals surface area contributed by atoms with Crippen LogP contribution in [0, 0.1) is 13.8 Å². The quantitative estimate of drug-likeness (QED) is 0.675. The highest BCUT2D eigenvalue weighted by Gasteiger charge is 2.17. The van der Waals surface area contributed by atoms with Gasteiger partial charge < -0.3 is 19.3 Å². The van der Waals surface area contributed by atoms with Crippen molar-refractivity contribution >= 4 is 5.91 Å². The van der Waals surface area contributed by atoms with Gasteiger partial charge in [0.25, 0.3) is 5.91 Å². The minimum absolute atomic E-state index is 0.121. The molecule has 0 radical (unpaired) electrons. The van der Waals surface area contributed by atoms with Gasteiger partial charge in [0.2, 0.25) is 11.7 Å². The van der Waals surface area contributed by atoms with Crippen LogP contribution in [0.3, 0.4) is 0 Å². The number of hydrogen-bond acceptors (Lipinski definition) is 6. The van der Waals surface area contributed by atoms with E-state index in [1.165, 1.54) is 0 Å². The Kier molecular flexibility index (Phi) is 5.93. The third kappa shape index (κ3) is 4.68. The summed E-state index contributed by atoms with van der Waals surface area (Å²) in [6.45, 7) is 5.78. The van der Waals surface area contributed by atoms with E-state index >= 15 is 0 Å². The van der Waals surface area contributed by atoms with Crippen LogP contribution < -0.4 is 14.8 Å². The predicted octanol–water partition coefficient (Wildman–Crippen LogP) is 3.45. The average molecular weight is 381 g/mol. The summed E-state index contributed by atoms with van der Waals surface area (Å²) in [5.41, 5.74) is 2.90. The molecule has 7 heteroatoms. The van der Waals surface area contributed by atoms with Crippen molar-refractivity contribution < 1.29 is 18.8 Å². The Morgan fingerprint density at radius 1 is 1.21 bits per heavy atom. The van der Waals surface area contributed by atoms with E-state index < -0.39 is 6.10 Å². The Balaban J connectivity index is 1.57. The molecule has 0 fully saturated rings. The maximum Gasteiger partial charge on any atom is 0.261 e. The molecule has 1 atom stereocenters. The van der Waals surface area contributed by atoms with Crippen LogP contribution in [0.5, 0.6) is 11.5 Å². The van der Waals surface area contributed by atoms with Gasteiger partial charge in [-0.05, 0) is 44.5 Å². The van der Waals surface area contributed by atoms with Gasteiger partial charge in [-0.2, -0.15) is 4.98 Å². The molecule has 0 bridgehead atoms. The number of amides is 1. The molecule has 1 amide bonds. The Morgan fingerprint density at radius 2 is 2.04 bits per heavy atom. The predicted molar refractivity (Wildman–Crippen MR) is 104 cm³/mol. The molecular weight excluding hydrogens is 358 g/mol. The fourth-order valence-corrected chi connectivity index (χ4v) is 2.69. The van der Waals surface area contributed by atoms with Gasteiger partial charge in [-0.25, -0.2) is 0 Å². The maximum absolute atomic E-state index is 12.3. The summed E-state index contributed by atoms with van der Waals surface area (Å²) >= 11 is 0. The van der Waals surface area contributed by atoms with Gasteiger partial charge in [0.05, 0.1) is 13.7 Å². The lowest BCUT2D eigenvalue weighted by Crippen LogP contribution is -2.36. The number of methoxy groups -OCH3 is 1. The fraction of sp³-hybridized carbons (Fsp3) is 0.286. The van der Waals surface area contributed by atoms with Crippen molar-refractivity contribution in [1.82, 2.24) is 15.5 Å². The largest absolute Gasteiger partial charge is 0.497 e. The first-order valence-corrected chi connectivity index (χ1v) is 8.95. The third-order valence-corrected chi connectivity index (χ3v) is 4.21. The fourth-order valence-electron chi connectivity index (χ4n) is 2.69. The topological polar surface area (TPSA) is 86.5 Å². The lowest BCUT2D eigenvalue weighted by atomic mass is 10.1. The molecule has 0 aliphatic rings. The van der Waals surface area contributed by atoms with Crippen LogP contribution >= 0.6 is 0 Å². The zero-order valence-electron chi connectivity index (χ0n) is 16.4.